The Labute approximate surface area is 165 Å². The van der Waals surface area contributed by atoms with E-state index in [0.29, 0.717) is 17.9 Å². The number of Topliss-reactive ketones (excluding diaryl/α,β-unsaturated/α-hetero) is 1. The van der Waals surface area contributed by atoms with E-state index in [4.69, 9.17) is 14.2 Å². The first-order chi connectivity index (χ1) is 13.5. The van der Waals surface area contributed by atoms with Crippen molar-refractivity contribution >= 4 is 17.8 Å². The van der Waals surface area contributed by atoms with E-state index < -0.39 is 5.97 Å². The molecule has 6 nitrogen and oxygen atoms in total. The molecule has 1 aromatic heterocycles. The van der Waals surface area contributed by atoms with Crippen LogP contribution in [0.25, 0.3) is 6.08 Å². The van der Waals surface area contributed by atoms with Crippen molar-refractivity contribution < 1.29 is 23.8 Å². The van der Waals surface area contributed by atoms with Gasteiger partial charge in [0.25, 0.3) is 0 Å². The van der Waals surface area contributed by atoms with Crippen molar-refractivity contribution in [3.8, 4) is 5.75 Å². The number of esters is 1. The molecule has 0 unspecified atom stereocenters. The molecule has 0 N–H and O–H groups in total. The molecule has 1 heterocycles. The third-order valence-corrected chi connectivity index (χ3v) is 4.46. The van der Waals surface area contributed by atoms with Gasteiger partial charge in [0.2, 0.25) is 5.78 Å². The third kappa shape index (κ3) is 5.82. The van der Waals surface area contributed by atoms with Crippen LogP contribution in [0, 0.1) is 13.8 Å². The number of ether oxygens (including phenoxy) is 3. The molecule has 0 aliphatic heterocycles. The Balaban J connectivity index is 1.93. The molecule has 2 rings (SSSR count). The van der Waals surface area contributed by atoms with Crippen LogP contribution in [0.1, 0.15) is 33.7 Å². The third-order valence-electron chi connectivity index (χ3n) is 4.46. The van der Waals surface area contributed by atoms with Crippen molar-refractivity contribution in [3.63, 3.8) is 0 Å². The first-order valence-electron chi connectivity index (χ1n) is 9.14. The van der Waals surface area contributed by atoms with Crippen LogP contribution in [-0.4, -0.2) is 43.8 Å². The van der Waals surface area contributed by atoms with Crippen LogP contribution in [0.5, 0.6) is 5.75 Å². The number of methoxy groups -OCH3 is 2. The Morgan fingerprint density at radius 3 is 2.64 bits per heavy atom. The predicted octanol–water partition coefficient (Wildman–Crippen LogP) is 3.59. The number of aryl methyl sites for hydroxylation is 1. The SMILES string of the molecule is COCCCn1c(C)cc(C(=O)COC(=O)/C=C/c2cccc(OC)c2)c1C. The van der Waals surface area contributed by atoms with Crippen LogP contribution >= 0.6 is 0 Å². The molecule has 28 heavy (non-hydrogen) atoms. The Hall–Kier alpha value is -2.86. The molecule has 1 aromatic carbocycles. The lowest BCUT2D eigenvalue weighted by molar-refractivity contribution is -0.136. The molecule has 0 aliphatic carbocycles. The van der Waals surface area contributed by atoms with Crippen LogP contribution in [0.2, 0.25) is 0 Å². The summed E-state index contributed by atoms with van der Waals surface area (Å²) in [7, 11) is 3.25. The van der Waals surface area contributed by atoms with E-state index in [9.17, 15) is 9.59 Å². The summed E-state index contributed by atoms with van der Waals surface area (Å²) in [6.45, 7) is 5.01. The summed E-state index contributed by atoms with van der Waals surface area (Å²) in [6.07, 6.45) is 3.79. The highest BCUT2D eigenvalue weighted by molar-refractivity contribution is 6.00. The van der Waals surface area contributed by atoms with E-state index in [-0.39, 0.29) is 12.4 Å². The maximum Gasteiger partial charge on any atom is 0.331 e. The van der Waals surface area contributed by atoms with E-state index in [0.717, 1.165) is 29.9 Å². The molecular formula is C22H27NO5. The molecule has 0 aliphatic rings. The van der Waals surface area contributed by atoms with E-state index in [1.807, 2.05) is 38.1 Å². The van der Waals surface area contributed by atoms with Gasteiger partial charge in [0.05, 0.1) is 7.11 Å². The fourth-order valence-electron chi connectivity index (χ4n) is 2.97. The summed E-state index contributed by atoms with van der Waals surface area (Å²) in [4.78, 5) is 24.4. The molecule has 0 saturated carbocycles. The average molecular weight is 385 g/mol. The molecule has 0 bridgehead atoms. The molecule has 2 aromatic rings. The van der Waals surface area contributed by atoms with Gasteiger partial charge in [-0.05, 0) is 50.1 Å². The summed E-state index contributed by atoms with van der Waals surface area (Å²) < 4.78 is 17.4. The molecule has 0 amide bonds. The lowest BCUT2D eigenvalue weighted by Gasteiger charge is -2.09. The van der Waals surface area contributed by atoms with Crippen molar-refractivity contribution in [1.82, 2.24) is 4.57 Å². The first kappa shape index (κ1) is 21.4. The summed E-state index contributed by atoms with van der Waals surface area (Å²) in [5.41, 5.74) is 3.27. The number of aromatic nitrogens is 1. The highest BCUT2D eigenvalue weighted by Crippen LogP contribution is 2.17. The van der Waals surface area contributed by atoms with E-state index in [2.05, 4.69) is 4.57 Å². The van der Waals surface area contributed by atoms with Crippen LogP contribution in [0.15, 0.2) is 36.4 Å². The lowest BCUT2D eigenvalue weighted by Crippen LogP contribution is -2.14. The minimum Gasteiger partial charge on any atom is -0.497 e. The fourth-order valence-corrected chi connectivity index (χ4v) is 2.97. The van der Waals surface area contributed by atoms with Gasteiger partial charge in [-0.2, -0.15) is 0 Å². The minimum atomic E-state index is -0.565. The van der Waals surface area contributed by atoms with Gasteiger partial charge in [-0.3, -0.25) is 4.79 Å². The van der Waals surface area contributed by atoms with Gasteiger partial charge in [0.15, 0.2) is 6.61 Å². The maximum atomic E-state index is 12.5. The predicted molar refractivity (Wildman–Crippen MR) is 108 cm³/mol. The van der Waals surface area contributed by atoms with E-state index >= 15 is 0 Å². The topological polar surface area (TPSA) is 66.8 Å². The monoisotopic (exact) mass is 385 g/mol. The Morgan fingerprint density at radius 2 is 1.93 bits per heavy atom. The largest absolute Gasteiger partial charge is 0.497 e. The van der Waals surface area contributed by atoms with Gasteiger partial charge in [0, 0.05) is 43.3 Å². The molecular weight excluding hydrogens is 358 g/mol. The zero-order valence-corrected chi connectivity index (χ0v) is 16.9. The highest BCUT2D eigenvalue weighted by atomic mass is 16.5. The second-order valence-electron chi connectivity index (χ2n) is 6.42. The molecule has 0 atom stereocenters. The van der Waals surface area contributed by atoms with E-state index in [1.165, 1.54) is 6.08 Å². The Kier molecular flexibility index (Phi) is 8.02. The van der Waals surface area contributed by atoms with Crippen molar-refractivity contribution in [1.29, 1.82) is 0 Å². The second kappa shape index (κ2) is 10.5. The maximum absolute atomic E-state index is 12.5. The number of hydrogen-bond donors (Lipinski definition) is 0. The second-order valence-corrected chi connectivity index (χ2v) is 6.42. The quantitative estimate of drug-likeness (QED) is 0.271. The van der Waals surface area contributed by atoms with Crippen molar-refractivity contribution in [2.45, 2.75) is 26.8 Å². The number of ketones is 1. The Bertz CT molecular complexity index is 851. The van der Waals surface area contributed by atoms with Crippen molar-refractivity contribution in [3.05, 3.63) is 58.9 Å². The number of rotatable bonds is 10. The zero-order valence-electron chi connectivity index (χ0n) is 16.9. The summed E-state index contributed by atoms with van der Waals surface area (Å²) in [5.74, 6) is -0.0779. The average Bonchev–Trinajstić information content (AvgIpc) is 2.99. The minimum absolute atomic E-state index is 0.214. The van der Waals surface area contributed by atoms with Gasteiger partial charge in [-0.25, -0.2) is 4.79 Å². The highest BCUT2D eigenvalue weighted by Gasteiger charge is 2.16. The molecule has 6 heteroatoms. The van der Waals surface area contributed by atoms with Gasteiger partial charge in [-0.15, -0.1) is 0 Å². The standard InChI is InChI=1S/C22H27NO5/c1-16-13-20(17(2)23(16)11-6-12-26-3)21(24)15-28-22(25)10-9-18-7-5-8-19(14-18)27-4/h5,7-10,13-14H,6,11-12,15H2,1-4H3/b10-9+. The lowest BCUT2D eigenvalue weighted by atomic mass is 10.1. The molecule has 150 valence electrons. The zero-order chi connectivity index (χ0) is 20.5. The van der Waals surface area contributed by atoms with Gasteiger partial charge in [-0.1, -0.05) is 12.1 Å². The fraction of sp³-hybridized carbons (Fsp3) is 0.364. The summed E-state index contributed by atoms with van der Waals surface area (Å²) in [5, 5.41) is 0. The van der Waals surface area contributed by atoms with Crippen molar-refractivity contribution in [2.75, 3.05) is 27.4 Å². The van der Waals surface area contributed by atoms with Gasteiger partial charge >= 0.3 is 5.97 Å². The first-order valence-corrected chi connectivity index (χ1v) is 9.14. The number of carbonyl (C=O) groups excluding carboxylic acids is 2. The van der Waals surface area contributed by atoms with Crippen LogP contribution in [0.4, 0.5) is 0 Å². The Morgan fingerprint density at radius 1 is 1.14 bits per heavy atom. The van der Waals surface area contributed by atoms with Gasteiger partial charge < -0.3 is 18.8 Å². The smallest absolute Gasteiger partial charge is 0.331 e. The molecule has 0 radical (unpaired) electrons. The number of nitrogens with zero attached hydrogens (tertiary/aromatic N) is 1. The molecule has 0 fully saturated rings. The van der Waals surface area contributed by atoms with Gasteiger partial charge in [0.1, 0.15) is 5.75 Å². The van der Waals surface area contributed by atoms with Crippen LogP contribution in [0.3, 0.4) is 0 Å². The molecule has 0 saturated heterocycles. The molecule has 0 spiro atoms. The normalized spacial score (nSPS) is 11.0. The number of hydrogen-bond acceptors (Lipinski definition) is 5. The summed E-state index contributed by atoms with van der Waals surface area (Å²) >= 11 is 0. The summed E-state index contributed by atoms with van der Waals surface area (Å²) in [6, 6.07) is 9.13. The van der Waals surface area contributed by atoms with Crippen LogP contribution in [-0.2, 0) is 20.8 Å². The van der Waals surface area contributed by atoms with Crippen LogP contribution < -0.4 is 4.74 Å². The number of benzene rings is 1. The van der Waals surface area contributed by atoms with E-state index in [1.54, 1.807) is 26.4 Å². The van der Waals surface area contributed by atoms with Crippen molar-refractivity contribution in [2.24, 2.45) is 0 Å². The number of carbonyl (C=O) groups is 2.